The second-order valence-electron chi connectivity index (χ2n) is 5.42. The molecule has 4 heteroatoms. The minimum atomic E-state index is -2.89. The van der Waals surface area contributed by atoms with Crippen molar-refractivity contribution in [1.29, 1.82) is 0 Å². The van der Waals surface area contributed by atoms with Gasteiger partial charge in [0.25, 0.3) is 0 Å². The molecular formula is C12H20O3S. The van der Waals surface area contributed by atoms with Crippen LogP contribution in [0.4, 0.5) is 0 Å². The first-order valence-corrected chi connectivity index (χ1v) is 8.13. The van der Waals surface area contributed by atoms with Crippen molar-refractivity contribution in [1.82, 2.24) is 0 Å². The summed E-state index contributed by atoms with van der Waals surface area (Å²) >= 11 is 0. The number of hydrogen-bond acceptors (Lipinski definition) is 3. The Bertz CT molecular complexity index is 372. The molecular weight excluding hydrogens is 224 g/mol. The summed E-state index contributed by atoms with van der Waals surface area (Å²) in [5.74, 6) is 1.31. The van der Waals surface area contributed by atoms with Gasteiger partial charge in [-0.25, -0.2) is 8.42 Å². The van der Waals surface area contributed by atoms with E-state index in [0.717, 1.165) is 32.1 Å². The first kappa shape index (κ1) is 12.1. The maximum Gasteiger partial charge on any atom is 0.150 e. The summed E-state index contributed by atoms with van der Waals surface area (Å²) in [6.45, 7) is 0. The molecule has 0 spiro atoms. The summed E-state index contributed by atoms with van der Waals surface area (Å²) < 4.78 is 23.1. The van der Waals surface area contributed by atoms with Crippen LogP contribution in [0.5, 0.6) is 0 Å². The molecule has 2 rings (SSSR count). The lowest BCUT2D eigenvalue weighted by Gasteiger charge is -2.31. The van der Waals surface area contributed by atoms with Crippen LogP contribution in [-0.4, -0.2) is 25.7 Å². The highest BCUT2D eigenvalue weighted by Gasteiger charge is 2.35. The molecule has 0 heterocycles. The third-order valence-corrected chi connectivity index (χ3v) is 5.86. The molecule has 0 radical (unpaired) electrons. The Balaban J connectivity index is 1.99. The molecule has 0 aromatic carbocycles. The number of ketones is 1. The Labute approximate surface area is 97.5 Å². The van der Waals surface area contributed by atoms with E-state index < -0.39 is 9.84 Å². The number of rotatable bonds is 2. The number of carbonyl (C=O) groups is 1. The van der Waals surface area contributed by atoms with Crippen LogP contribution in [0.25, 0.3) is 0 Å². The SMILES string of the molecule is CS(=O)(=O)C1CCCC(C2CCC(=O)C2)C1. The summed E-state index contributed by atoms with van der Waals surface area (Å²) in [5.41, 5.74) is 0. The van der Waals surface area contributed by atoms with E-state index in [4.69, 9.17) is 0 Å². The summed E-state index contributed by atoms with van der Waals surface area (Å²) in [6.07, 6.45) is 7.47. The summed E-state index contributed by atoms with van der Waals surface area (Å²) in [6, 6.07) is 0. The van der Waals surface area contributed by atoms with E-state index in [0.29, 0.717) is 30.5 Å². The van der Waals surface area contributed by atoms with Gasteiger partial charge in [-0.3, -0.25) is 4.79 Å². The highest BCUT2D eigenvalue weighted by atomic mass is 32.2. The zero-order chi connectivity index (χ0) is 11.8. The molecule has 0 saturated heterocycles. The second-order valence-corrected chi connectivity index (χ2v) is 7.75. The lowest BCUT2D eigenvalue weighted by Crippen LogP contribution is -2.30. The first-order valence-electron chi connectivity index (χ1n) is 6.17. The fourth-order valence-electron chi connectivity index (χ4n) is 3.24. The van der Waals surface area contributed by atoms with Crippen LogP contribution >= 0.6 is 0 Å². The molecule has 0 aliphatic heterocycles. The van der Waals surface area contributed by atoms with Crippen LogP contribution in [0.2, 0.25) is 0 Å². The Morgan fingerprint density at radius 3 is 2.44 bits per heavy atom. The van der Waals surface area contributed by atoms with Crippen molar-refractivity contribution in [3.05, 3.63) is 0 Å². The van der Waals surface area contributed by atoms with Crippen LogP contribution in [0, 0.1) is 11.8 Å². The molecule has 16 heavy (non-hydrogen) atoms. The standard InChI is InChI=1S/C12H20O3S/c1-16(14,15)12-4-2-3-9(8-12)10-5-6-11(13)7-10/h9-10,12H,2-8H2,1H3. The third-order valence-electron chi connectivity index (χ3n) is 4.22. The van der Waals surface area contributed by atoms with Crippen molar-refractivity contribution >= 4 is 15.6 Å². The highest BCUT2D eigenvalue weighted by molar-refractivity contribution is 7.91. The Kier molecular flexibility index (Phi) is 3.38. The van der Waals surface area contributed by atoms with Crippen LogP contribution in [0.1, 0.15) is 44.9 Å². The molecule has 2 fully saturated rings. The van der Waals surface area contributed by atoms with Gasteiger partial charge in [0.15, 0.2) is 0 Å². The van der Waals surface area contributed by atoms with Crippen LogP contribution in [0.15, 0.2) is 0 Å². The van der Waals surface area contributed by atoms with Gasteiger partial charge in [-0.1, -0.05) is 12.8 Å². The molecule has 0 aromatic rings. The van der Waals surface area contributed by atoms with Crippen LogP contribution in [0.3, 0.4) is 0 Å². The Hall–Kier alpha value is -0.380. The summed E-state index contributed by atoms with van der Waals surface area (Å²) in [4.78, 5) is 11.3. The van der Waals surface area contributed by atoms with Gasteiger partial charge in [0, 0.05) is 19.1 Å². The van der Waals surface area contributed by atoms with Gasteiger partial charge in [-0.2, -0.15) is 0 Å². The van der Waals surface area contributed by atoms with E-state index in [1.54, 1.807) is 0 Å². The van der Waals surface area contributed by atoms with E-state index in [2.05, 4.69) is 0 Å². The number of hydrogen-bond donors (Lipinski definition) is 0. The van der Waals surface area contributed by atoms with Crippen LogP contribution in [-0.2, 0) is 14.6 Å². The van der Waals surface area contributed by atoms with Crippen molar-refractivity contribution in [2.24, 2.45) is 11.8 Å². The Morgan fingerprint density at radius 1 is 1.12 bits per heavy atom. The Morgan fingerprint density at radius 2 is 1.88 bits per heavy atom. The predicted molar refractivity (Wildman–Crippen MR) is 62.9 cm³/mol. The molecule has 3 atom stereocenters. The van der Waals surface area contributed by atoms with Gasteiger partial charge in [0.1, 0.15) is 15.6 Å². The zero-order valence-corrected chi connectivity index (χ0v) is 10.6. The van der Waals surface area contributed by atoms with Gasteiger partial charge < -0.3 is 0 Å². The average molecular weight is 244 g/mol. The molecule has 0 N–H and O–H groups in total. The lowest BCUT2D eigenvalue weighted by molar-refractivity contribution is -0.117. The van der Waals surface area contributed by atoms with Crippen LogP contribution < -0.4 is 0 Å². The number of carbonyl (C=O) groups excluding carboxylic acids is 1. The number of Topliss-reactive ketones (excluding diaryl/α,β-unsaturated/α-hetero) is 1. The van der Waals surface area contributed by atoms with E-state index in [1.807, 2.05) is 0 Å². The second kappa shape index (κ2) is 4.47. The molecule has 0 bridgehead atoms. The molecule has 3 unspecified atom stereocenters. The molecule has 0 aromatic heterocycles. The highest BCUT2D eigenvalue weighted by Crippen LogP contribution is 2.39. The fraction of sp³-hybridized carbons (Fsp3) is 0.917. The molecule has 3 nitrogen and oxygen atoms in total. The van der Waals surface area contributed by atoms with Crippen molar-refractivity contribution < 1.29 is 13.2 Å². The maximum atomic E-state index is 11.5. The largest absolute Gasteiger partial charge is 0.300 e. The number of sulfone groups is 1. The van der Waals surface area contributed by atoms with E-state index in [1.165, 1.54) is 6.26 Å². The van der Waals surface area contributed by atoms with Crippen molar-refractivity contribution in [2.75, 3.05) is 6.26 Å². The van der Waals surface area contributed by atoms with Gasteiger partial charge in [0.2, 0.25) is 0 Å². The molecule has 2 aliphatic carbocycles. The average Bonchev–Trinajstić information content (AvgIpc) is 2.64. The molecule has 2 saturated carbocycles. The van der Waals surface area contributed by atoms with E-state index in [9.17, 15) is 13.2 Å². The summed E-state index contributed by atoms with van der Waals surface area (Å²) in [7, 11) is -2.89. The lowest BCUT2D eigenvalue weighted by atomic mass is 9.79. The predicted octanol–water partition coefficient (Wildman–Crippen LogP) is 1.96. The van der Waals surface area contributed by atoms with Crippen molar-refractivity contribution in [3.8, 4) is 0 Å². The summed E-state index contributed by atoms with van der Waals surface area (Å²) in [5, 5.41) is -0.151. The molecule has 2 aliphatic rings. The minimum absolute atomic E-state index is 0.151. The van der Waals surface area contributed by atoms with Gasteiger partial charge in [-0.15, -0.1) is 0 Å². The third kappa shape index (κ3) is 2.65. The maximum absolute atomic E-state index is 11.5. The normalized spacial score (nSPS) is 36.6. The van der Waals surface area contributed by atoms with E-state index in [-0.39, 0.29) is 5.25 Å². The first-order chi connectivity index (χ1) is 7.47. The smallest absolute Gasteiger partial charge is 0.150 e. The van der Waals surface area contributed by atoms with Gasteiger partial charge in [0.05, 0.1) is 5.25 Å². The fourth-order valence-corrected chi connectivity index (χ4v) is 4.44. The quantitative estimate of drug-likeness (QED) is 0.746. The van der Waals surface area contributed by atoms with Gasteiger partial charge in [-0.05, 0) is 31.1 Å². The molecule has 92 valence electrons. The monoisotopic (exact) mass is 244 g/mol. The van der Waals surface area contributed by atoms with Gasteiger partial charge >= 0.3 is 0 Å². The molecule has 0 amide bonds. The van der Waals surface area contributed by atoms with Crippen molar-refractivity contribution in [3.63, 3.8) is 0 Å². The minimum Gasteiger partial charge on any atom is -0.300 e. The zero-order valence-electron chi connectivity index (χ0n) is 9.81. The van der Waals surface area contributed by atoms with Crippen molar-refractivity contribution in [2.45, 2.75) is 50.2 Å². The van der Waals surface area contributed by atoms with E-state index >= 15 is 0 Å². The topological polar surface area (TPSA) is 51.2 Å².